The molecule has 0 bridgehead atoms. The molecule has 0 saturated heterocycles. The number of methoxy groups -OCH3 is 1. The minimum Gasteiger partial charge on any atom is -0.497 e. The van der Waals surface area contributed by atoms with Gasteiger partial charge in [-0.25, -0.2) is 0 Å². The molecule has 0 amide bonds. The van der Waals surface area contributed by atoms with E-state index in [2.05, 4.69) is 35.2 Å². The van der Waals surface area contributed by atoms with Crippen LogP contribution in [0.25, 0.3) is 0 Å². The molecule has 1 heterocycles. The van der Waals surface area contributed by atoms with E-state index in [9.17, 15) is 0 Å². The van der Waals surface area contributed by atoms with Crippen LogP contribution in [-0.4, -0.2) is 17.1 Å². The summed E-state index contributed by atoms with van der Waals surface area (Å²) in [5.74, 6) is 0.875. The van der Waals surface area contributed by atoms with Crippen LogP contribution in [0, 0.1) is 6.92 Å². The summed E-state index contributed by atoms with van der Waals surface area (Å²) in [6.07, 6.45) is 3.45. The second-order valence-electron chi connectivity index (χ2n) is 4.91. The molecule has 0 saturated carbocycles. The van der Waals surface area contributed by atoms with Crippen LogP contribution < -0.4 is 10.1 Å². The maximum Gasteiger partial charge on any atom is 0.119 e. The molecule has 2 atom stereocenters. The molecule has 0 aliphatic heterocycles. The van der Waals surface area contributed by atoms with E-state index in [-0.39, 0.29) is 12.1 Å². The minimum atomic E-state index is 0.143. The van der Waals surface area contributed by atoms with Crippen molar-refractivity contribution in [2.45, 2.75) is 32.9 Å². The minimum absolute atomic E-state index is 0.143. The first kappa shape index (κ1) is 14.5. The summed E-state index contributed by atoms with van der Waals surface area (Å²) in [5, 5.41) is 3.55. The fourth-order valence-corrected chi connectivity index (χ4v) is 2.30. The van der Waals surface area contributed by atoms with Crippen LogP contribution in [0.1, 0.15) is 42.9 Å². The van der Waals surface area contributed by atoms with E-state index in [1.165, 1.54) is 5.56 Å². The number of hydrogen-bond acceptors (Lipinski definition) is 4. The molecule has 4 nitrogen and oxygen atoms in total. The molecular formula is C16H21N3O. The number of nitrogens with one attached hydrogen (secondary N) is 1. The molecule has 0 aliphatic carbocycles. The molecular weight excluding hydrogens is 250 g/mol. The molecule has 1 unspecified atom stereocenters. The van der Waals surface area contributed by atoms with Crippen molar-refractivity contribution in [3.63, 3.8) is 0 Å². The van der Waals surface area contributed by atoms with Gasteiger partial charge < -0.3 is 10.1 Å². The normalized spacial score (nSPS) is 13.8. The van der Waals surface area contributed by atoms with Crippen LogP contribution in [0.4, 0.5) is 0 Å². The van der Waals surface area contributed by atoms with Gasteiger partial charge in [-0.1, -0.05) is 12.1 Å². The fourth-order valence-electron chi connectivity index (χ4n) is 2.30. The predicted octanol–water partition coefficient (Wildman–Crippen LogP) is 3.21. The van der Waals surface area contributed by atoms with E-state index in [1.807, 2.05) is 25.1 Å². The summed E-state index contributed by atoms with van der Waals surface area (Å²) in [6.45, 7) is 6.22. The summed E-state index contributed by atoms with van der Waals surface area (Å²) < 4.78 is 5.26. The highest BCUT2D eigenvalue weighted by Crippen LogP contribution is 2.22. The Bertz CT molecular complexity index is 571. The molecule has 0 aliphatic rings. The van der Waals surface area contributed by atoms with Gasteiger partial charge in [-0.3, -0.25) is 9.97 Å². The number of aryl methyl sites for hydroxylation is 1. The maximum atomic E-state index is 5.26. The quantitative estimate of drug-likeness (QED) is 0.907. The lowest BCUT2D eigenvalue weighted by atomic mass is 10.1. The molecule has 1 aromatic heterocycles. The largest absolute Gasteiger partial charge is 0.497 e. The molecule has 1 aromatic carbocycles. The molecule has 2 aromatic rings. The average molecular weight is 271 g/mol. The van der Waals surface area contributed by atoms with E-state index >= 15 is 0 Å². The lowest BCUT2D eigenvalue weighted by Crippen LogP contribution is -2.24. The highest BCUT2D eigenvalue weighted by molar-refractivity contribution is 5.30. The third kappa shape index (κ3) is 3.33. The van der Waals surface area contributed by atoms with Crippen LogP contribution >= 0.6 is 0 Å². The summed E-state index contributed by atoms with van der Waals surface area (Å²) >= 11 is 0. The van der Waals surface area contributed by atoms with Gasteiger partial charge in [0.15, 0.2) is 0 Å². The maximum absolute atomic E-state index is 5.26. The van der Waals surface area contributed by atoms with Gasteiger partial charge in [0.25, 0.3) is 0 Å². The molecule has 1 N–H and O–H groups in total. The lowest BCUT2D eigenvalue weighted by molar-refractivity contribution is 0.412. The van der Waals surface area contributed by atoms with E-state index in [0.717, 1.165) is 17.1 Å². The zero-order valence-corrected chi connectivity index (χ0v) is 12.4. The van der Waals surface area contributed by atoms with Crippen molar-refractivity contribution in [2.75, 3.05) is 7.11 Å². The van der Waals surface area contributed by atoms with E-state index < -0.39 is 0 Å². The lowest BCUT2D eigenvalue weighted by Gasteiger charge is -2.21. The third-order valence-electron chi connectivity index (χ3n) is 3.42. The van der Waals surface area contributed by atoms with Crippen molar-refractivity contribution < 1.29 is 4.74 Å². The SMILES string of the molecule is COc1cccc([C@H](C)NC(C)c2nccnc2C)c1. The number of benzene rings is 1. The Labute approximate surface area is 120 Å². The van der Waals surface area contributed by atoms with Gasteiger partial charge in [0.2, 0.25) is 0 Å². The van der Waals surface area contributed by atoms with Crippen LogP contribution in [0.15, 0.2) is 36.7 Å². The Hall–Kier alpha value is -1.94. The molecule has 0 radical (unpaired) electrons. The van der Waals surface area contributed by atoms with Crippen molar-refractivity contribution in [1.82, 2.24) is 15.3 Å². The first-order chi connectivity index (χ1) is 9.61. The van der Waals surface area contributed by atoms with Crippen LogP contribution in [0.3, 0.4) is 0 Å². The number of nitrogens with zero attached hydrogens (tertiary/aromatic N) is 2. The topological polar surface area (TPSA) is 47.0 Å². The van der Waals surface area contributed by atoms with Gasteiger partial charge in [-0.15, -0.1) is 0 Å². The van der Waals surface area contributed by atoms with Crippen molar-refractivity contribution in [3.05, 3.63) is 53.6 Å². The third-order valence-corrected chi connectivity index (χ3v) is 3.42. The Morgan fingerprint density at radius 3 is 2.55 bits per heavy atom. The van der Waals surface area contributed by atoms with Gasteiger partial charge in [-0.05, 0) is 38.5 Å². The average Bonchev–Trinajstić information content (AvgIpc) is 2.47. The zero-order chi connectivity index (χ0) is 14.5. The van der Waals surface area contributed by atoms with Gasteiger partial charge in [-0.2, -0.15) is 0 Å². The van der Waals surface area contributed by atoms with Gasteiger partial charge in [0.05, 0.1) is 18.5 Å². The Morgan fingerprint density at radius 2 is 1.85 bits per heavy atom. The van der Waals surface area contributed by atoms with Crippen LogP contribution in [-0.2, 0) is 0 Å². The Morgan fingerprint density at radius 1 is 1.10 bits per heavy atom. The predicted molar refractivity (Wildman–Crippen MR) is 79.7 cm³/mol. The number of ether oxygens (including phenoxy) is 1. The summed E-state index contributed by atoms with van der Waals surface area (Å²) in [5.41, 5.74) is 3.14. The second-order valence-corrected chi connectivity index (χ2v) is 4.91. The first-order valence-corrected chi connectivity index (χ1v) is 6.79. The van der Waals surface area contributed by atoms with E-state index in [0.29, 0.717) is 0 Å². The summed E-state index contributed by atoms with van der Waals surface area (Å²) in [6, 6.07) is 8.45. The molecule has 106 valence electrons. The Balaban J connectivity index is 2.11. The number of hydrogen-bond donors (Lipinski definition) is 1. The van der Waals surface area contributed by atoms with Crippen LogP contribution in [0.2, 0.25) is 0 Å². The molecule has 0 fully saturated rings. The van der Waals surface area contributed by atoms with Crippen LogP contribution in [0.5, 0.6) is 5.75 Å². The fraction of sp³-hybridized carbons (Fsp3) is 0.375. The highest BCUT2D eigenvalue weighted by Gasteiger charge is 2.14. The molecule has 2 rings (SSSR count). The van der Waals surface area contributed by atoms with Crippen molar-refractivity contribution in [2.24, 2.45) is 0 Å². The molecule has 4 heteroatoms. The second kappa shape index (κ2) is 6.48. The number of rotatable bonds is 5. The van der Waals surface area contributed by atoms with Crippen molar-refractivity contribution >= 4 is 0 Å². The van der Waals surface area contributed by atoms with Gasteiger partial charge >= 0.3 is 0 Å². The zero-order valence-electron chi connectivity index (χ0n) is 12.4. The molecule has 0 spiro atoms. The first-order valence-electron chi connectivity index (χ1n) is 6.79. The standard InChI is InChI=1S/C16H21N3O/c1-11(14-6-5-7-15(10-14)20-4)19-13(3)16-12(2)17-8-9-18-16/h5-11,13,19H,1-4H3/t11-,13?/m0/s1. The van der Waals surface area contributed by atoms with E-state index in [1.54, 1.807) is 19.5 Å². The Kier molecular flexibility index (Phi) is 4.69. The summed E-state index contributed by atoms with van der Waals surface area (Å²) in [4.78, 5) is 8.69. The summed E-state index contributed by atoms with van der Waals surface area (Å²) in [7, 11) is 1.68. The van der Waals surface area contributed by atoms with Crippen molar-refractivity contribution in [1.29, 1.82) is 0 Å². The van der Waals surface area contributed by atoms with Gasteiger partial charge in [0, 0.05) is 24.5 Å². The monoisotopic (exact) mass is 271 g/mol. The van der Waals surface area contributed by atoms with Crippen molar-refractivity contribution in [3.8, 4) is 5.75 Å². The highest BCUT2D eigenvalue weighted by atomic mass is 16.5. The van der Waals surface area contributed by atoms with E-state index in [4.69, 9.17) is 4.74 Å². The number of aromatic nitrogens is 2. The smallest absolute Gasteiger partial charge is 0.119 e. The molecule has 20 heavy (non-hydrogen) atoms. The van der Waals surface area contributed by atoms with Gasteiger partial charge in [0.1, 0.15) is 5.75 Å².